The van der Waals surface area contributed by atoms with Gasteiger partial charge in [0, 0.05) is 69.5 Å². The van der Waals surface area contributed by atoms with E-state index in [1.165, 1.54) is 17.4 Å². The third-order valence-electron chi connectivity index (χ3n) is 7.29. The van der Waals surface area contributed by atoms with Crippen LogP contribution >= 0.6 is 35.2 Å². The number of benzene rings is 1. The summed E-state index contributed by atoms with van der Waals surface area (Å²) in [6.45, 7) is 8.54. The van der Waals surface area contributed by atoms with Gasteiger partial charge in [0.1, 0.15) is 10.8 Å². The van der Waals surface area contributed by atoms with Gasteiger partial charge in [-0.3, -0.25) is 9.69 Å². The molecule has 0 spiro atoms. The molecule has 0 amide bonds. The number of thiocarbonyl (C=S) groups is 1. The van der Waals surface area contributed by atoms with Crippen LogP contribution in [-0.2, 0) is 14.3 Å². The van der Waals surface area contributed by atoms with Crippen molar-refractivity contribution in [2.45, 2.75) is 26.7 Å². The number of hydrogen-bond acceptors (Lipinski definition) is 8. The van der Waals surface area contributed by atoms with E-state index >= 15 is 0 Å². The van der Waals surface area contributed by atoms with Gasteiger partial charge < -0.3 is 25.0 Å². The zero-order valence-electron chi connectivity index (χ0n) is 24.0. The van der Waals surface area contributed by atoms with Gasteiger partial charge in [-0.25, -0.2) is 14.2 Å². The molecule has 1 aromatic heterocycles. The first-order valence-corrected chi connectivity index (χ1v) is 15.3. The van der Waals surface area contributed by atoms with Crippen LogP contribution in [0.25, 0.3) is 5.70 Å². The summed E-state index contributed by atoms with van der Waals surface area (Å²) in [5.41, 5.74) is 1.25. The highest BCUT2D eigenvalue weighted by molar-refractivity contribution is 7.80. The van der Waals surface area contributed by atoms with Crippen molar-refractivity contribution >= 4 is 57.9 Å². The number of rotatable bonds is 9. The Hall–Kier alpha value is -3.06. The SMILES string of the molecule is CCOC(=O)C1=C(CN2CCN(C(=S)N(C)CC(C)(C)C(=O)O)CC2)NC(c2nccs2)=C[C@H]1c1cccc(F)c1Cl. The van der Waals surface area contributed by atoms with Gasteiger partial charge in [0.05, 0.1) is 28.3 Å². The number of piperazine rings is 1. The van der Waals surface area contributed by atoms with E-state index in [1.807, 2.05) is 23.4 Å². The molecule has 1 aromatic carbocycles. The van der Waals surface area contributed by atoms with Crippen molar-refractivity contribution in [2.24, 2.45) is 5.41 Å². The molecule has 2 aliphatic rings. The van der Waals surface area contributed by atoms with Crippen molar-refractivity contribution in [2.75, 3.05) is 52.9 Å². The third kappa shape index (κ3) is 7.11. The Balaban J connectivity index is 1.59. The van der Waals surface area contributed by atoms with Crippen molar-refractivity contribution in [3.63, 3.8) is 0 Å². The van der Waals surface area contributed by atoms with Crippen LogP contribution in [0.1, 0.15) is 37.3 Å². The van der Waals surface area contributed by atoms with Gasteiger partial charge in [-0.2, -0.15) is 0 Å². The van der Waals surface area contributed by atoms with E-state index in [9.17, 15) is 19.1 Å². The Kier molecular flexibility index (Phi) is 10.2. The van der Waals surface area contributed by atoms with Crippen LogP contribution in [0.15, 0.2) is 47.1 Å². The van der Waals surface area contributed by atoms with Crippen LogP contribution in [0, 0.1) is 11.2 Å². The van der Waals surface area contributed by atoms with Crippen LogP contribution in [0.2, 0.25) is 5.02 Å². The van der Waals surface area contributed by atoms with Gasteiger partial charge in [-0.1, -0.05) is 23.7 Å². The fourth-order valence-electron chi connectivity index (χ4n) is 5.07. The molecule has 13 heteroatoms. The van der Waals surface area contributed by atoms with Crippen LogP contribution in [0.5, 0.6) is 0 Å². The fourth-order valence-corrected chi connectivity index (χ4v) is 6.18. The number of thiazole rings is 1. The van der Waals surface area contributed by atoms with E-state index in [-0.39, 0.29) is 18.2 Å². The molecule has 1 fully saturated rings. The maximum absolute atomic E-state index is 14.6. The number of dihydropyridines is 1. The molecule has 1 saturated heterocycles. The van der Waals surface area contributed by atoms with E-state index in [1.54, 1.807) is 39.1 Å². The molecule has 4 rings (SSSR count). The summed E-state index contributed by atoms with van der Waals surface area (Å²) < 4.78 is 20.0. The lowest BCUT2D eigenvalue weighted by atomic mass is 9.86. The monoisotopic (exact) mass is 635 g/mol. The Bertz CT molecular complexity index is 1390. The minimum absolute atomic E-state index is 0.0439. The summed E-state index contributed by atoms with van der Waals surface area (Å²) in [5.74, 6) is -2.59. The minimum Gasteiger partial charge on any atom is -0.481 e. The number of hydrogen-bond donors (Lipinski definition) is 2. The number of aromatic nitrogens is 1. The minimum atomic E-state index is -0.937. The van der Waals surface area contributed by atoms with E-state index in [0.717, 1.165) is 5.01 Å². The lowest BCUT2D eigenvalue weighted by Crippen LogP contribution is -2.54. The standard InChI is InChI=1S/C29H35ClFN5O4S2/c1-5-40-26(37)23-19(18-7-6-8-20(31)24(18)30)15-21(25-32-9-14-42-25)33-22(23)16-35-10-12-36(13-11-35)28(41)34(4)17-29(2,3)27(38)39/h6-9,14-15,19,33H,5,10-13,16-17H2,1-4H3,(H,38,39)/t19-/m0/s1. The van der Waals surface area contributed by atoms with Gasteiger partial charge >= 0.3 is 11.9 Å². The molecule has 2 aromatic rings. The van der Waals surface area contributed by atoms with Crippen LogP contribution in [0.4, 0.5) is 4.39 Å². The van der Waals surface area contributed by atoms with Crippen molar-refractivity contribution in [1.29, 1.82) is 0 Å². The quantitative estimate of drug-likeness (QED) is 0.304. The number of aliphatic carboxylic acids is 1. The van der Waals surface area contributed by atoms with Crippen molar-refractivity contribution in [3.05, 3.63) is 68.5 Å². The van der Waals surface area contributed by atoms with Crippen molar-refractivity contribution < 1.29 is 23.8 Å². The molecule has 2 N–H and O–H groups in total. The molecule has 2 aliphatic heterocycles. The van der Waals surface area contributed by atoms with E-state index in [4.69, 9.17) is 28.6 Å². The van der Waals surface area contributed by atoms with Gasteiger partial charge in [0.25, 0.3) is 0 Å². The highest BCUT2D eigenvalue weighted by Crippen LogP contribution is 2.39. The molecule has 1 atom stereocenters. The zero-order valence-corrected chi connectivity index (χ0v) is 26.4. The summed E-state index contributed by atoms with van der Waals surface area (Å²) in [7, 11) is 1.81. The second-order valence-corrected chi connectivity index (χ2v) is 12.5. The summed E-state index contributed by atoms with van der Waals surface area (Å²) >= 11 is 13.6. The molecule has 0 unspecified atom stereocenters. The normalized spacial score (nSPS) is 17.9. The van der Waals surface area contributed by atoms with E-state index in [0.29, 0.717) is 60.4 Å². The number of allylic oxidation sites excluding steroid dienone is 1. The molecular formula is C29H35ClFN5O4S2. The number of ether oxygens (including phenoxy) is 1. The molecule has 3 heterocycles. The fraction of sp³-hybridized carbons (Fsp3) is 0.448. The molecular weight excluding hydrogens is 601 g/mol. The maximum atomic E-state index is 14.6. The van der Waals surface area contributed by atoms with Gasteiger partial charge in [0.2, 0.25) is 0 Å². The predicted octanol–water partition coefficient (Wildman–Crippen LogP) is 4.43. The van der Waals surface area contributed by atoms with E-state index < -0.39 is 29.1 Å². The summed E-state index contributed by atoms with van der Waals surface area (Å²) in [6, 6.07) is 4.59. The molecule has 9 nitrogen and oxygen atoms in total. The molecule has 226 valence electrons. The van der Waals surface area contributed by atoms with Crippen molar-refractivity contribution in [3.8, 4) is 0 Å². The number of nitrogens with one attached hydrogen (secondary N) is 1. The second-order valence-electron chi connectivity index (χ2n) is 10.9. The molecule has 0 radical (unpaired) electrons. The van der Waals surface area contributed by atoms with Gasteiger partial charge in [-0.05, 0) is 50.7 Å². The Morgan fingerprint density at radius 3 is 2.64 bits per heavy atom. The number of carbonyl (C=O) groups excluding carboxylic acids is 1. The number of carboxylic acids is 1. The van der Waals surface area contributed by atoms with E-state index in [2.05, 4.69) is 20.1 Å². The lowest BCUT2D eigenvalue weighted by molar-refractivity contribution is -0.147. The summed E-state index contributed by atoms with van der Waals surface area (Å²) in [5, 5.41) is 16.1. The van der Waals surface area contributed by atoms with Crippen LogP contribution in [0.3, 0.4) is 0 Å². The number of carboxylic acid groups (broad SMARTS) is 1. The summed E-state index contributed by atoms with van der Waals surface area (Å²) in [6.07, 6.45) is 3.55. The largest absolute Gasteiger partial charge is 0.481 e. The van der Waals surface area contributed by atoms with Crippen LogP contribution in [-0.4, -0.2) is 94.8 Å². The highest BCUT2D eigenvalue weighted by Gasteiger charge is 2.35. The van der Waals surface area contributed by atoms with Gasteiger partial charge in [-0.15, -0.1) is 11.3 Å². The zero-order chi connectivity index (χ0) is 30.6. The molecule has 42 heavy (non-hydrogen) atoms. The predicted molar refractivity (Wildman–Crippen MR) is 166 cm³/mol. The lowest BCUT2D eigenvalue weighted by Gasteiger charge is -2.40. The Morgan fingerprint density at radius 1 is 1.31 bits per heavy atom. The average molecular weight is 636 g/mol. The number of carbonyl (C=O) groups is 2. The first-order valence-electron chi connectivity index (χ1n) is 13.6. The van der Waals surface area contributed by atoms with Crippen LogP contribution < -0.4 is 5.32 Å². The first-order chi connectivity index (χ1) is 19.9. The maximum Gasteiger partial charge on any atom is 0.336 e. The molecule has 0 bridgehead atoms. The average Bonchev–Trinajstić information content (AvgIpc) is 3.49. The highest BCUT2D eigenvalue weighted by atomic mass is 35.5. The number of esters is 1. The number of halogens is 2. The number of nitrogens with zero attached hydrogens (tertiary/aromatic N) is 4. The first kappa shape index (κ1) is 31.9. The summed E-state index contributed by atoms with van der Waals surface area (Å²) in [4.78, 5) is 35.5. The Morgan fingerprint density at radius 2 is 2.02 bits per heavy atom. The van der Waals surface area contributed by atoms with Gasteiger partial charge in [0.15, 0.2) is 5.11 Å². The second kappa shape index (κ2) is 13.5. The topological polar surface area (TPSA) is 98.2 Å². The molecule has 0 saturated carbocycles. The molecule has 0 aliphatic carbocycles. The smallest absolute Gasteiger partial charge is 0.336 e. The Labute approximate surface area is 259 Å². The third-order valence-corrected chi connectivity index (χ3v) is 9.07. The van der Waals surface area contributed by atoms with Crippen molar-refractivity contribution in [1.82, 2.24) is 25.0 Å².